The summed E-state index contributed by atoms with van der Waals surface area (Å²) in [6.45, 7) is 5.58. The van der Waals surface area contributed by atoms with Crippen molar-refractivity contribution in [1.29, 1.82) is 0 Å². The summed E-state index contributed by atoms with van der Waals surface area (Å²) in [5, 5.41) is 0. The molecule has 70 valence electrons. The van der Waals surface area contributed by atoms with E-state index < -0.39 is 0 Å². The van der Waals surface area contributed by atoms with E-state index in [1.807, 2.05) is 12.1 Å². The minimum Gasteiger partial charge on any atom is -0.298 e. The molecule has 0 atom stereocenters. The quantitative estimate of drug-likeness (QED) is 0.731. The fraction of sp³-hybridized carbons (Fsp3) is 0.273. The Kier molecular flexibility index (Phi) is 4.19. The van der Waals surface area contributed by atoms with Crippen LogP contribution in [0.5, 0.6) is 0 Å². The molecule has 0 unspecified atom stereocenters. The molecule has 13 heavy (non-hydrogen) atoms. The van der Waals surface area contributed by atoms with Gasteiger partial charge in [0.15, 0.2) is 0 Å². The van der Waals surface area contributed by atoms with E-state index >= 15 is 0 Å². The zero-order valence-electron chi connectivity index (χ0n) is 7.83. The normalized spacial score (nSPS) is 10.4. The van der Waals surface area contributed by atoms with E-state index in [2.05, 4.69) is 52.7 Å². The molecular weight excluding hydrogens is 226 g/mol. The highest BCUT2D eigenvalue weighted by molar-refractivity contribution is 9.10. The molecule has 0 saturated carbocycles. The first kappa shape index (κ1) is 10.5. The van der Waals surface area contributed by atoms with Crippen molar-refractivity contribution in [2.45, 2.75) is 6.54 Å². The van der Waals surface area contributed by atoms with Crippen LogP contribution < -0.4 is 0 Å². The number of rotatable bonds is 4. The van der Waals surface area contributed by atoms with Crippen LogP contribution in [0.1, 0.15) is 5.56 Å². The Bertz CT molecular complexity index is 283. The lowest BCUT2D eigenvalue weighted by molar-refractivity contribution is 0.363. The third-order valence-corrected chi connectivity index (χ3v) is 2.61. The van der Waals surface area contributed by atoms with Gasteiger partial charge in [-0.3, -0.25) is 4.90 Å². The Morgan fingerprint density at radius 1 is 1.46 bits per heavy atom. The molecule has 0 aliphatic carbocycles. The van der Waals surface area contributed by atoms with E-state index in [-0.39, 0.29) is 0 Å². The molecule has 1 rings (SSSR count). The summed E-state index contributed by atoms with van der Waals surface area (Å²) in [5.41, 5.74) is 1.31. The summed E-state index contributed by atoms with van der Waals surface area (Å²) in [4.78, 5) is 2.22. The van der Waals surface area contributed by atoms with Gasteiger partial charge >= 0.3 is 0 Å². The van der Waals surface area contributed by atoms with Crippen molar-refractivity contribution in [3.05, 3.63) is 47.0 Å². The third kappa shape index (κ3) is 3.33. The van der Waals surface area contributed by atoms with Crippen LogP contribution in [0.25, 0.3) is 0 Å². The molecule has 0 N–H and O–H groups in total. The van der Waals surface area contributed by atoms with E-state index in [0.29, 0.717) is 0 Å². The number of halogens is 1. The SMILES string of the molecule is C=CCN(C)Cc1ccccc1Br. The van der Waals surface area contributed by atoms with Gasteiger partial charge in [0.05, 0.1) is 0 Å². The average Bonchev–Trinajstić information content (AvgIpc) is 2.09. The monoisotopic (exact) mass is 239 g/mol. The summed E-state index contributed by atoms with van der Waals surface area (Å²) in [5.74, 6) is 0. The largest absolute Gasteiger partial charge is 0.298 e. The maximum absolute atomic E-state index is 3.71. The molecule has 0 saturated heterocycles. The first-order valence-electron chi connectivity index (χ1n) is 4.27. The first-order chi connectivity index (χ1) is 6.24. The van der Waals surface area contributed by atoms with Crippen molar-refractivity contribution in [2.24, 2.45) is 0 Å². The predicted molar refractivity (Wildman–Crippen MR) is 60.7 cm³/mol. The molecule has 0 spiro atoms. The number of hydrogen-bond acceptors (Lipinski definition) is 1. The molecule has 0 fully saturated rings. The molecule has 0 amide bonds. The highest BCUT2D eigenvalue weighted by Crippen LogP contribution is 2.16. The molecule has 0 heterocycles. The summed E-state index contributed by atoms with van der Waals surface area (Å²) in [6.07, 6.45) is 1.91. The average molecular weight is 240 g/mol. The van der Waals surface area contributed by atoms with Gasteiger partial charge in [-0.1, -0.05) is 40.2 Å². The van der Waals surface area contributed by atoms with Crippen LogP contribution in [0, 0.1) is 0 Å². The van der Waals surface area contributed by atoms with E-state index in [4.69, 9.17) is 0 Å². The highest BCUT2D eigenvalue weighted by atomic mass is 79.9. The standard InChI is InChI=1S/C11H14BrN/c1-3-8-13(2)9-10-6-4-5-7-11(10)12/h3-7H,1,8-9H2,2H3. The molecule has 1 aromatic carbocycles. The molecule has 0 radical (unpaired) electrons. The Balaban J connectivity index is 2.63. The maximum Gasteiger partial charge on any atom is 0.0245 e. The van der Waals surface area contributed by atoms with Crippen molar-refractivity contribution in [3.63, 3.8) is 0 Å². The van der Waals surface area contributed by atoms with Crippen LogP contribution in [-0.4, -0.2) is 18.5 Å². The molecule has 2 heteroatoms. The number of hydrogen-bond donors (Lipinski definition) is 0. The van der Waals surface area contributed by atoms with E-state index in [0.717, 1.165) is 13.1 Å². The topological polar surface area (TPSA) is 3.24 Å². The second-order valence-electron chi connectivity index (χ2n) is 3.08. The van der Waals surface area contributed by atoms with Gasteiger partial charge in [-0.05, 0) is 18.7 Å². The Morgan fingerprint density at radius 3 is 2.77 bits per heavy atom. The predicted octanol–water partition coefficient (Wildman–Crippen LogP) is 3.07. The molecule has 0 aliphatic rings. The maximum atomic E-state index is 3.71. The van der Waals surface area contributed by atoms with E-state index in [1.54, 1.807) is 0 Å². The van der Waals surface area contributed by atoms with Gasteiger partial charge in [0.1, 0.15) is 0 Å². The smallest absolute Gasteiger partial charge is 0.0245 e. The van der Waals surface area contributed by atoms with Crippen LogP contribution >= 0.6 is 15.9 Å². The van der Waals surface area contributed by atoms with Gasteiger partial charge in [0.2, 0.25) is 0 Å². The van der Waals surface area contributed by atoms with Crippen LogP contribution in [0.3, 0.4) is 0 Å². The van der Waals surface area contributed by atoms with Crippen LogP contribution in [0.4, 0.5) is 0 Å². The van der Waals surface area contributed by atoms with Gasteiger partial charge in [-0.25, -0.2) is 0 Å². The Hall–Kier alpha value is -0.600. The first-order valence-corrected chi connectivity index (χ1v) is 5.06. The van der Waals surface area contributed by atoms with Crippen LogP contribution in [-0.2, 0) is 6.54 Å². The summed E-state index contributed by atoms with van der Waals surface area (Å²) in [6, 6.07) is 8.28. The van der Waals surface area contributed by atoms with E-state index in [9.17, 15) is 0 Å². The van der Waals surface area contributed by atoms with Crippen LogP contribution in [0.2, 0.25) is 0 Å². The Labute approximate surface area is 88.2 Å². The van der Waals surface area contributed by atoms with Gasteiger partial charge < -0.3 is 0 Å². The lowest BCUT2D eigenvalue weighted by Gasteiger charge is -2.14. The molecular formula is C11H14BrN. The Morgan fingerprint density at radius 2 is 2.15 bits per heavy atom. The zero-order chi connectivity index (χ0) is 9.68. The van der Waals surface area contributed by atoms with Crippen molar-refractivity contribution in [2.75, 3.05) is 13.6 Å². The van der Waals surface area contributed by atoms with Crippen molar-refractivity contribution in [1.82, 2.24) is 4.90 Å². The van der Waals surface area contributed by atoms with Crippen LogP contribution in [0.15, 0.2) is 41.4 Å². The minimum absolute atomic E-state index is 0.918. The van der Waals surface area contributed by atoms with Gasteiger partial charge in [0.25, 0.3) is 0 Å². The third-order valence-electron chi connectivity index (χ3n) is 1.84. The van der Waals surface area contributed by atoms with Gasteiger partial charge in [-0.15, -0.1) is 6.58 Å². The fourth-order valence-corrected chi connectivity index (χ4v) is 1.61. The molecule has 1 aromatic rings. The lowest BCUT2D eigenvalue weighted by Crippen LogP contribution is -2.17. The number of likely N-dealkylation sites (N-methyl/N-ethyl adjacent to an activating group) is 1. The summed E-state index contributed by atoms with van der Waals surface area (Å²) in [7, 11) is 2.08. The lowest BCUT2D eigenvalue weighted by atomic mass is 10.2. The van der Waals surface area contributed by atoms with Gasteiger partial charge in [0, 0.05) is 17.6 Å². The van der Waals surface area contributed by atoms with Crippen molar-refractivity contribution < 1.29 is 0 Å². The summed E-state index contributed by atoms with van der Waals surface area (Å²) < 4.78 is 1.17. The fourth-order valence-electron chi connectivity index (χ4n) is 1.20. The number of nitrogens with zero attached hydrogens (tertiary/aromatic N) is 1. The second-order valence-corrected chi connectivity index (χ2v) is 3.93. The summed E-state index contributed by atoms with van der Waals surface area (Å²) >= 11 is 3.52. The molecule has 0 bridgehead atoms. The molecule has 0 aliphatic heterocycles. The molecule has 0 aromatic heterocycles. The second kappa shape index (κ2) is 5.20. The van der Waals surface area contributed by atoms with Crippen molar-refractivity contribution in [3.8, 4) is 0 Å². The zero-order valence-corrected chi connectivity index (χ0v) is 9.42. The minimum atomic E-state index is 0.918. The van der Waals surface area contributed by atoms with Gasteiger partial charge in [-0.2, -0.15) is 0 Å². The van der Waals surface area contributed by atoms with E-state index in [1.165, 1.54) is 10.0 Å². The van der Waals surface area contributed by atoms with Crippen molar-refractivity contribution >= 4 is 15.9 Å². The highest BCUT2D eigenvalue weighted by Gasteiger charge is 2.00. The number of benzene rings is 1. The molecule has 1 nitrogen and oxygen atoms in total.